The zero-order valence-electron chi connectivity index (χ0n) is 12.3. The van der Waals surface area contributed by atoms with E-state index in [1.807, 2.05) is 19.1 Å². The summed E-state index contributed by atoms with van der Waals surface area (Å²) in [5.74, 6) is 1.28. The molecule has 0 aliphatic rings. The molecule has 0 amide bonds. The summed E-state index contributed by atoms with van der Waals surface area (Å²) >= 11 is 0. The molecule has 0 bridgehead atoms. The summed E-state index contributed by atoms with van der Waals surface area (Å²) < 4.78 is 11.4. The number of amidine groups is 1. The number of hydrogen-bond donors (Lipinski definition) is 2. The molecule has 2 aromatic rings. The minimum Gasteiger partial charge on any atom is -0.490 e. The smallest absolute Gasteiger partial charge is 0.161 e. The molecule has 2 rings (SSSR count). The molecular weight excluding hydrogens is 264 g/mol. The number of benzene rings is 2. The summed E-state index contributed by atoms with van der Waals surface area (Å²) in [5.41, 5.74) is 8.43. The Hall–Kier alpha value is -2.49. The normalized spacial score (nSPS) is 10.2. The minimum absolute atomic E-state index is 0.0150. The van der Waals surface area contributed by atoms with E-state index in [-0.39, 0.29) is 5.84 Å². The Morgan fingerprint density at radius 2 is 1.90 bits per heavy atom. The predicted molar refractivity (Wildman–Crippen MR) is 84.1 cm³/mol. The van der Waals surface area contributed by atoms with Gasteiger partial charge in [0, 0.05) is 5.56 Å². The molecule has 0 saturated carbocycles. The Kier molecular flexibility index (Phi) is 4.82. The summed E-state index contributed by atoms with van der Waals surface area (Å²) in [6.45, 7) is 4.96. The molecule has 110 valence electrons. The molecule has 0 unspecified atom stereocenters. The lowest BCUT2D eigenvalue weighted by Gasteiger charge is -2.13. The molecule has 0 spiro atoms. The van der Waals surface area contributed by atoms with Gasteiger partial charge in [-0.15, -0.1) is 0 Å². The van der Waals surface area contributed by atoms with Gasteiger partial charge in [-0.3, -0.25) is 5.41 Å². The van der Waals surface area contributed by atoms with Crippen LogP contribution < -0.4 is 15.2 Å². The second kappa shape index (κ2) is 6.79. The lowest BCUT2D eigenvalue weighted by atomic mass is 10.1. The van der Waals surface area contributed by atoms with Gasteiger partial charge in [0.15, 0.2) is 11.5 Å². The van der Waals surface area contributed by atoms with E-state index >= 15 is 0 Å². The zero-order chi connectivity index (χ0) is 15.2. The van der Waals surface area contributed by atoms with Crippen LogP contribution in [0.4, 0.5) is 0 Å². The van der Waals surface area contributed by atoms with Crippen LogP contribution in [-0.4, -0.2) is 12.4 Å². The largest absolute Gasteiger partial charge is 0.490 e. The van der Waals surface area contributed by atoms with Crippen molar-refractivity contribution in [1.29, 1.82) is 5.41 Å². The summed E-state index contributed by atoms with van der Waals surface area (Å²) in [7, 11) is 0. The fraction of sp³-hybridized carbons (Fsp3) is 0.235. The molecule has 0 aliphatic heterocycles. The van der Waals surface area contributed by atoms with Crippen LogP contribution in [0.2, 0.25) is 0 Å². The number of nitrogen functional groups attached to an aromatic ring is 1. The van der Waals surface area contributed by atoms with Gasteiger partial charge >= 0.3 is 0 Å². The van der Waals surface area contributed by atoms with E-state index in [0.29, 0.717) is 30.3 Å². The summed E-state index contributed by atoms with van der Waals surface area (Å²) in [5, 5.41) is 7.48. The minimum atomic E-state index is 0.0150. The van der Waals surface area contributed by atoms with Crippen molar-refractivity contribution in [1.82, 2.24) is 0 Å². The first kappa shape index (κ1) is 14.9. The molecule has 4 nitrogen and oxygen atoms in total. The summed E-state index contributed by atoms with van der Waals surface area (Å²) in [6.07, 6.45) is 0. The Balaban J connectivity index is 2.16. The van der Waals surface area contributed by atoms with Crippen molar-refractivity contribution in [3.05, 3.63) is 59.2 Å². The quantitative estimate of drug-likeness (QED) is 0.632. The highest BCUT2D eigenvalue weighted by Gasteiger charge is 2.08. The Morgan fingerprint density at radius 3 is 2.57 bits per heavy atom. The third-order valence-corrected chi connectivity index (χ3v) is 3.03. The van der Waals surface area contributed by atoms with Crippen molar-refractivity contribution in [2.75, 3.05) is 6.61 Å². The van der Waals surface area contributed by atoms with Crippen LogP contribution >= 0.6 is 0 Å². The SMILES string of the molecule is CCOc1cc(C(=N)N)ccc1OCc1cccc(C)c1. The Labute approximate surface area is 125 Å². The van der Waals surface area contributed by atoms with E-state index < -0.39 is 0 Å². The average molecular weight is 284 g/mol. The Morgan fingerprint density at radius 1 is 1.10 bits per heavy atom. The van der Waals surface area contributed by atoms with E-state index in [0.717, 1.165) is 5.56 Å². The van der Waals surface area contributed by atoms with E-state index in [1.54, 1.807) is 18.2 Å². The molecule has 21 heavy (non-hydrogen) atoms. The van der Waals surface area contributed by atoms with Crippen LogP contribution in [0.15, 0.2) is 42.5 Å². The fourth-order valence-corrected chi connectivity index (χ4v) is 2.03. The van der Waals surface area contributed by atoms with Crippen molar-refractivity contribution < 1.29 is 9.47 Å². The number of rotatable bonds is 6. The van der Waals surface area contributed by atoms with Gasteiger partial charge in [-0.25, -0.2) is 0 Å². The van der Waals surface area contributed by atoms with Crippen LogP contribution in [0.1, 0.15) is 23.6 Å². The Bertz CT molecular complexity index is 638. The zero-order valence-corrected chi connectivity index (χ0v) is 12.3. The molecular formula is C17H20N2O2. The molecule has 4 heteroatoms. The summed E-state index contributed by atoms with van der Waals surface area (Å²) in [4.78, 5) is 0. The van der Waals surface area contributed by atoms with Crippen molar-refractivity contribution in [3.63, 3.8) is 0 Å². The highest BCUT2D eigenvalue weighted by molar-refractivity contribution is 5.95. The summed E-state index contributed by atoms with van der Waals surface area (Å²) in [6, 6.07) is 13.5. The molecule has 0 saturated heterocycles. The molecule has 0 heterocycles. The maximum Gasteiger partial charge on any atom is 0.161 e. The van der Waals surface area contributed by atoms with Gasteiger partial charge < -0.3 is 15.2 Å². The van der Waals surface area contributed by atoms with Gasteiger partial charge in [0.2, 0.25) is 0 Å². The van der Waals surface area contributed by atoms with E-state index in [9.17, 15) is 0 Å². The highest BCUT2D eigenvalue weighted by Crippen LogP contribution is 2.29. The van der Waals surface area contributed by atoms with Crippen LogP contribution in [0.25, 0.3) is 0 Å². The average Bonchev–Trinajstić information content (AvgIpc) is 2.46. The molecule has 3 N–H and O–H groups in total. The standard InChI is InChI=1S/C17H20N2O2/c1-3-20-16-10-14(17(18)19)7-8-15(16)21-11-13-6-4-5-12(2)9-13/h4-10H,3,11H2,1-2H3,(H3,18,19). The first-order chi connectivity index (χ1) is 10.1. The number of ether oxygens (including phenoxy) is 2. The third-order valence-electron chi connectivity index (χ3n) is 3.03. The van der Waals surface area contributed by atoms with E-state index in [2.05, 4.69) is 19.1 Å². The van der Waals surface area contributed by atoms with Gasteiger partial charge in [0.05, 0.1) is 6.61 Å². The first-order valence-corrected chi connectivity index (χ1v) is 6.89. The maximum atomic E-state index is 7.48. The van der Waals surface area contributed by atoms with Crippen molar-refractivity contribution >= 4 is 5.84 Å². The predicted octanol–water partition coefficient (Wildman–Crippen LogP) is 3.26. The van der Waals surface area contributed by atoms with Gasteiger partial charge in [-0.1, -0.05) is 29.8 Å². The fourth-order valence-electron chi connectivity index (χ4n) is 2.03. The first-order valence-electron chi connectivity index (χ1n) is 6.89. The monoisotopic (exact) mass is 284 g/mol. The molecule has 0 atom stereocenters. The number of nitrogens with one attached hydrogen (secondary N) is 1. The third kappa shape index (κ3) is 3.99. The molecule has 0 radical (unpaired) electrons. The number of aryl methyl sites for hydroxylation is 1. The topological polar surface area (TPSA) is 68.3 Å². The van der Waals surface area contributed by atoms with Gasteiger partial charge in [0.25, 0.3) is 0 Å². The highest BCUT2D eigenvalue weighted by atomic mass is 16.5. The second-order valence-corrected chi connectivity index (χ2v) is 4.79. The number of hydrogen-bond acceptors (Lipinski definition) is 3. The second-order valence-electron chi connectivity index (χ2n) is 4.79. The van der Waals surface area contributed by atoms with E-state index in [1.165, 1.54) is 5.56 Å². The van der Waals surface area contributed by atoms with Crippen LogP contribution in [0.3, 0.4) is 0 Å². The van der Waals surface area contributed by atoms with Gasteiger partial charge in [0.1, 0.15) is 12.4 Å². The van der Waals surface area contributed by atoms with Crippen molar-refractivity contribution in [2.45, 2.75) is 20.5 Å². The maximum absolute atomic E-state index is 7.48. The van der Waals surface area contributed by atoms with Gasteiger partial charge in [-0.05, 0) is 37.6 Å². The van der Waals surface area contributed by atoms with Gasteiger partial charge in [-0.2, -0.15) is 0 Å². The lowest BCUT2D eigenvalue weighted by Crippen LogP contribution is -2.11. The molecule has 0 aliphatic carbocycles. The number of nitrogens with two attached hydrogens (primary N) is 1. The lowest BCUT2D eigenvalue weighted by molar-refractivity contribution is 0.269. The van der Waals surface area contributed by atoms with E-state index in [4.69, 9.17) is 20.6 Å². The van der Waals surface area contributed by atoms with Crippen molar-refractivity contribution in [3.8, 4) is 11.5 Å². The molecule has 2 aromatic carbocycles. The van der Waals surface area contributed by atoms with Crippen molar-refractivity contribution in [2.24, 2.45) is 5.73 Å². The van der Waals surface area contributed by atoms with Crippen LogP contribution in [-0.2, 0) is 6.61 Å². The molecule has 0 aromatic heterocycles. The van der Waals surface area contributed by atoms with Crippen LogP contribution in [0.5, 0.6) is 11.5 Å². The van der Waals surface area contributed by atoms with Crippen LogP contribution in [0, 0.1) is 12.3 Å². The molecule has 0 fully saturated rings.